The topological polar surface area (TPSA) is 54.4 Å². The third kappa shape index (κ3) is 5.05. The highest BCUT2D eigenvalue weighted by atomic mass is 32.2. The van der Waals surface area contributed by atoms with E-state index in [0.717, 1.165) is 49.7 Å². The van der Waals surface area contributed by atoms with E-state index in [0.29, 0.717) is 18.6 Å². The number of hydrogen-bond acceptors (Lipinski definition) is 3. The van der Waals surface area contributed by atoms with Crippen molar-refractivity contribution in [3.8, 4) is 0 Å². The maximum atomic E-state index is 14.0. The maximum absolute atomic E-state index is 14.0. The van der Waals surface area contributed by atoms with Gasteiger partial charge in [-0.1, -0.05) is 55.4 Å². The Kier molecular flexibility index (Phi) is 7.02. The lowest BCUT2D eigenvalue weighted by Crippen LogP contribution is -2.33. The van der Waals surface area contributed by atoms with Gasteiger partial charge < -0.3 is 5.11 Å². The molecule has 3 aliphatic rings. The van der Waals surface area contributed by atoms with Crippen LogP contribution >= 0.6 is 0 Å². The third-order valence-electron chi connectivity index (χ3n) is 7.74. The van der Waals surface area contributed by atoms with E-state index in [9.17, 15) is 22.3 Å². The van der Waals surface area contributed by atoms with Crippen LogP contribution in [0, 0.1) is 17.3 Å². The minimum atomic E-state index is -4.39. The minimum absolute atomic E-state index is 0.0640. The zero-order valence-electron chi connectivity index (χ0n) is 19.0. The van der Waals surface area contributed by atoms with E-state index in [2.05, 4.69) is 31.7 Å². The summed E-state index contributed by atoms with van der Waals surface area (Å²) in [6.07, 6.45) is 12.6. The molecule has 0 aromatic carbocycles. The van der Waals surface area contributed by atoms with Gasteiger partial charge in [-0.2, -0.15) is 8.78 Å². The van der Waals surface area contributed by atoms with Gasteiger partial charge in [0.05, 0.1) is 6.10 Å². The number of fused-ring (bicyclic) bond motifs is 1. The Morgan fingerprint density at radius 3 is 2.74 bits per heavy atom. The van der Waals surface area contributed by atoms with Gasteiger partial charge in [-0.3, -0.25) is 0 Å². The number of aliphatic hydroxyl groups excluding tert-OH is 1. The van der Waals surface area contributed by atoms with Gasteiger partial charge >= 0.3 is 5.25 Å². The molecule has 174 valence electrons. The first kappa shape index (κ1) is 24.4. The standard InChI is InChI=1S/C25H36F2O3S/c1-17-7-10-21(28)16-20(17)9-8-19-6-5-14-24(3)22(11-12-23(19)24)18(2)13-15-25(26,27)31(4,29)30/h8-9,11,18,21,23,28H,1,5-7,10,12-16H2,2-4H3/b19-8+,20-9-/t18?,21?,23-,24+/m0/s1. The van der Waals surface area contributed by atoms with Crippen LogP contribution in [0.25, 0.3) is 0 Å². The average Bonchev–Trinajstić information content (AvgIpc) is 3.03. The molecule has 3 nitrogen and oxygen atoms in total. The Bertz CT molecular complexity index is 913. The van der Waals surface area contributed by atoms with Gasteiger partial charge in [0.15, 0.2) is 0 Å². The van der Waals surface area contributed by atoms with Crippen molar-refractivity contribution in [1.29, 1.82) is 0 Å². The molecular weight excluding hydrogens is 418 g/mol. The van der Waals surface area contributed by atoms with Crippen molar-refractivity contribution in [3.05, 3.63) is 47.1 Å². The Labute approximate surface area is 185 Å². The van der Waals surface area contributed by atoms with Crippen molar-refractivity contribution in [3.63, 3.8) is 0 Å². The van der Waals surface area contributed by atoms with Crippen molar-refractivity contribution < 1.29 is 22.3 Å². The molecule has 4 atom stereocenters. The SMILES string of the molecule is C=C1CCC(O)C/C1=C/C=C1\CCC[C@]2(C)C(C(C)CCC(F)(F)S(C)(=O)=O)=CC[C@@H]12. The van der Waals surface area contributed by atoms with Crippen molar-refractivity contribution in [1.82, 2.24) is 0 Å². The number of halogens is 2. The molecule has 6 heteroatoms. The summed E-state index contributed by atoms with van der Waals surface area (Å²) in [5.41, 5.74) is 4.75. The Morgan fingerprint density at radius 1 is 1.35 bits per heavy atom. The molecule has 0 amide bonds. The molecule has 0 saturated heterocycles. The Balaban J connectivity index is 1.74. The van der Waals surface area contributed by atoms with Crippen LogP contribution in [0.5, 0.6) is 0 Å². The molecule has 0 aliphatic heterocycles. The number of hydrogen-bond donors (Lipinski definition) is 1. The smallest absolute Gasteiger partial charge is 0.345 e. The molecule has 2 fully saturated rings. The van der Waals surface area contributed by atoms with Gasteiger partial charge in [0.1, 0.15) is 0 Å². The lowest BCUT2D eigenvalue weighted by atomic mass is 9.62. The van der Waals surface area contributed by atoms with E-state index in [1.165, 1.54) is 11.1 Å². The fraction of sp³-hybridized carbons (Fsp3) is 0.680. The first-order chi connectivity index (χ1) is 14.3. The molecule has 0 aromatic rings. The number of rotatable bonds is 6. The highest BCUT2D eigenvalue weighted by Gasteiger charge is 2.47. The second-order valence-electron chi connectivity index (χ2n) is 10.0. The molecule has 31 heavy (non-hydrogen) atoms. The van der Waals surface area contributed by atoms with E-state index in [4.69, 9.17) is 0 Å². The summed E-state index contributed by atoms with van der Waals surface area (Å²) in [5.74, 6) is 0.279. The second-order valence-corrected chi connectivity index (χ2v) is 12.1. The Morgan fingerprint density at radius 2 is 2.06 bits per heavy atom. The predicted octanol–water partition coefficient (Wildman–Crippen LogP) is 6.13. The summed E-state index contributed by atoms with van der Waals surface area (Å²) >= 11 is 0. The van der Waals surface area contributed by atoms with E-state index in [1.807, 2.05) is 6.92 Å². The highest BCUT2D eigenvalue weighted by Crippen LogP contribution is 2.57. The number of aliphatic hydroxyl groups is 1. The Hall–Kier alpha value is -1.27. The first-order valence-corrected chi connectivity index (χ1v) is 13.3. The number of sulfone groups is 1. The lowest BCUT2D eigenvalue weighted by Gasteiger charge is -2.42. The molecule has 3 rings (SSSR count). The lowest BCUT2D eigenvalue weighted by molar-refractivity contribution is 0.0756. The molecule has 0 spiro atoms. The largest absolute Gasteiger partial charge is 0.393 e. The zero-order chi connectivity index (χ0) is 23.0. The maximum Gasteiger partial charge on any atom is 0.345 e. The van der Waals surface area contributed by atoms with Crippen molar-refractivity contribution in [2.45, 2.75) is 83.0 Å². The summed E-state index contributed by atoms with van der Waals surface area (Å²) in [5, 5.41) is 6.31. The third-order valence-corrected chi connectivity index (χ3v) is 9.03. The monoisotopic (exact) mass is 454 g/mol. The second kappa shape index (κ2) is 8.93. The van der Waals surface area contributed by atoms with Gasteiger partial charge in [0.25, 0.3) is 0 Å². The quantitative estimate of drug-likeness (QED) is 0.491. The van der Waals surface area contributed by atoms with E-state index < -0.39 is 21.5 Å². The van der Waals surface area contributed by atoms with Crippen LogP contribution in [-0.4, -0.2) is 31.1 Å². The van der Waals surface area contributed by atoms with Gasteiger partial charge in [-0.15, -0.1) is 0 Å². The molecule has 1 N–H and O–H groups in total. The highest BCUT2D eigenvalue weighted by molar-refractivity contribution is 7.91. The molecule has 0 radical (unpaired) electrons. The zero-order valence-corrected chi connectivity index (χ0v) is 19.8. The van der Waals surface area contributed by atoms with Crippen LogP contribution in [0.2, 0.25) is 0 Å². The summed E-state index contributed by atoms with van der Waals surface area (Å²) in [4.78, 5) is 0. The van der Waals surface area contributed by atoms with Crippen LogP contribution in [0.15, 0.2) is 47.1 Å². The van der Waals surface area contributed by atoms with Gasteiger partial charge in [0, 0.05) is 12.7 Å². The summed E-state index contributed by atoms with van der Waals surface area (Å²) in [6.45, 7) is 8.33. The molecule has 2 saturated carbocycles. The normalized spacial score (nSPS) is 33.5. The van der Waals surface area contributed by atoms with Crippen LogP contribution in [0.4, 0.5) is 8.78 Å². The van der Waals surface area contributed by atoms with Crippen LogP contribution in [0.1, 0.15) is 71.6 Å². The molecule has 0 bridgehead atoms. The molecular formula is C25H36F2O3S. The summed E-state index contributed by atoms with van der Waals surface area (Å²) in [7, 11) is -4.39. The van der Waals surface area contributed by atoms with Crippen molar-refractivity contribution >= 4 is 9.84 Å². The van der Waals surface area contributed by atoms with Crippen LogP contribution in [-0.2, 0) is 9.84 Å². The summed E-state index contributed by atoms with van der Waals surface area (Å²) < 4.78 is 50.6. The van der Waals surface area contributed by atoms with Gasteiger partial charge in [0.2, 0.25) is 9.84 Å². The number of allylic oxidation sites excluding steroid dienone is 6. The first-order valence-electron chi connectivity index (χ1n) is 11.4. The minimum Gasteiger partial charge on any atom is -0.393 e. The molecule has 2 unspecified atom stereocenters. The molecule has 0 aromatic heterocycles. The van der Waals surface area contributed by atoms with E-state index in [-0.39, 0.29) is 23.9 Å². The van der Waals surface area contributed by atoms with E-state index in [1.54, 1.807) is 0 Å². The summed E-state index contributed by atoms with van der Waals surface area (Å²) in [6, 6.07) is 0. The predicted molar refractivity (Wildman–Crippen MR) is 122 cm³/mol. The number of alkyl halides is 2. The molecule has 0 heterocycles. The van der Waals surface area contributed by atoms with Crippen molar-refractivity contribution in [2.24, 2.45) is 17.3 Å². The fourth-order valence-electron chi connectivity index (χ4n) is 5.74. The fourth-order valence-corrected chi connectivity index (χ4v) is 6.23. The van der Waals surface area contributed by atoms with Crippen LogP contribution in [0.3, 0.4) is 0 Å². The van der Waals surface area contributed by atoms with Crippen LogP contribution < -0.4 is 0 Å². The van der Waals surface area contributed by atoms with Gasteiger partial charge in [-0.05, 0) is 74.2 Å². The average molecular weight is 455 g/mol. The van der Waals surface area contributed by atoms with Gasteiger partial charge in [-0.25, -0.2) is 8.42 Å². The van der Waals surface area contributed by atoms with Crippen molar-refractivity contribution in [2.75, 3.05) is 6.26 Å². The molecule has 3 aliphatic carbocycles. The van der Waals surface area contributed by atoms with E-state index >= 15 is 0 Å².